The molecular formula is C6HBr2F11. The third-order valence-electron chi connectivity index (χ3n) is 1.84. The van der Waals surface area contributed by atoms with Crippen LogP contribution < -0.4 is 0 Å². The molecule has 0 fully saturated rings. The molecule has 1 atom stereocenters. The van der Waals surface area contributed by atoms with E-state index in [2.05, 4.69) is 0 Å². The highest BCUT2D eigenvalue weighted by atomic mass is 79.9. The highest BCUT2D eigenvalue weighted by Crippen LogP contribution is 2.61. The summed E-state index contributed by atoms with van der Waals surface area (Å²) in [5, 5.41) is 0. The molecule has 0 bridgehead atoms. The van der Waals surface area contributed by atoms with Crippen LogP contribution in [0.3, 0.4) is 0 Å². The average molecular weight is 442 g/mol. The Morgan fingerprint density at radius 1 is 0.632 bits per heavy atom. The van der Waals surface area contributed by atoms with Crippen LogP contribution >= 0.6 is 31.9 Å². The lowest BCUT2D eigenvalue weighted by Crippen LogP contribution is -2.66. The Labute approximate surface area is 114 Å². The maximum absolute atomic E-state index is 13.0. The van der Waals surface area contributed by atoms with E-state index >= 15 is 0 Å². The van der Waals surface area contributed by atoms with Crippen molar-refractivity contribution in [3.63, 3.8) is 0 Å². The molecular weight excluding hydrogens is 441 g/mol. The molecule has 0 saturated carbocycles. The minimum Gasteiger partial charge on any atom is -0.216 e. The van der Waals surface area contributed by atoms with Crippen molar-refractivity contribution in [2.75, 3.05) is 0 Å². The lowest BCUT2D eigenvalue weighted by Gasteiger charge is -2.38. The Hall–Kier alpha value is 0.190. The summed E-state index contributed by atoms with van der Waals surface area (Å²) in [6.07, 6.45) is -5.33. The number of hydrogen-bond donors (Lipinski definition) is 0. The summed E-state index contributed by atoms with van der Waals surface area (Å²) in [6, 6.07) is 0. The monoisotopic (exact) mass is 440 g/mol. The van der Waals surface area contributed by atoms with Crippen molar-refractivity contribution < 1.29 is 48.3 Å². The average Bonchev–Trinajstić information content (AvgIpc) is 2.14. The highest BCUT2D eigenvalue weighted by Gasteiger charge is 2.85. The molecule has 0 aliphatic carbocycles. The van der Waals surface area contributed by atoms with Crippen LogP contribution in [0.5, 0.6) is 0 Å². The van der Waals surface area contributed by atoms with Gasteiger partial charge in [0.2, 0.25) is 0 Å². The quantitative estimate of drug-likeness (QED) is 0.406. The van der Waals surface area contributed by atoms with Crippen LogP contribution in [0.15, 0.2) is 0 Å². The molecule has 0 aromatic rings. The summed E-state index contributed by atoms with van der Waals surface area (Å²) < 4.78 is 131. The van der Waals surface area contributed by atoms with E-state index < -0.39 is 33.6 Å². The van der Waals surface area contributed by atoms with Crippen molar-refractivity contribution in [1.29, 1.82) is 0 Å². The zero-order valence-corrected chi connectivity index (χ0v) is 11.2. The lowest BCUT2D eigenvalue weighted by molar-refractivity contribution is -0.362. The van der Waals surface area contributed by atoms with Crippen molar-refractivity contribution in [2.24, 2.45) is 0 Å². The molecule has 13 heteroatoms. The van der Waals surface area contributed by atoms with Crippen LogP contribution in [0.2, 0.25) is 0 Å². The summed E-state index contributed by atoms with van der Waals surface area (Å²) in [4.78, 5) is -5.45. The second-order valence-corrected chi connectivity index (χ2v) is 5.23. The van der Waals surface area contributed by atoms with E-state index in [9.17, 15) is 48.3 Å². The smallest absolute Gasteiger partial charge is 0.216 e. The van der Waals surface area contributed by atoms with Gasteiger partial charge in [0.15, 0.2) is 0 Å². The van der Waals surface area contributed by atoms with Gasteiger partial charge in [-0.05, 0) is 31.9 Å². The van der Waals surface area contributed by atoms with Crippen molar-refractivity contribution >= 4 is 31.9 Å². The maximum Gasteiger partial charge on any atom is 0.382 e. The first-order valence-corrected chi connectivity index (χ1v) is 5.39. The molecule has 0 radical (unpaired) electrons. The van der Waals surface area contributed by atoms with Gasteiger partial charge in [-0.2, -0.15) is 35.1 Å². The van der Waals surface area contributed by atoms with E-state index in [0.29, 0.717) is 0 Å². The molecule has 19 heavy (non-hydrogen) atoms. The fraction of sp³-hybridized carbons (Fsp3) is 1.00. The van der Waals surface area contributed by atoms with Crippen molar-refractivity contribution in [2.45, 2.75) is 33.6 Å². The molecule has 0 saturated heterocycles. The standard InChI is InChI=1S/C6HBr2F11/c7-3(13,6(8,18)19)5(16,17)4(14,15)2(11,12)1(9)10/h1H. The van der Waals surface area contributed by atoms with Crippen molar-refractivity contribution in [3.8, 4) is 0 Å². The topological polar surface area (TPSA) is 0 Å². The van der Waals surface area contributed by atoms with Crippen LogP contribution in [0, 0.1) is 0 Å². The number of hydrogen-bond acceptors (Lipinski definition) is 0. The van der Waals surface area contributed by atoms with Crippen LogP contribution in [0.1, 0.15) is 0 Å². The first kappa shape index (κ1) is 19.2. The molecule has 0 rings (SSSR count). The lowest BCUT2D eigenvalue weighted by atomic mass is 10.0. The van der Waals surface area contributed by atoms with E-state index in [4.69, 9.17) is 0 Å². The fourth-order valence-electron chi connectivity index (χ4n) is 0.722. The second-order valence-electron chi connectivity index (χ2n) is 3.14. The van der Waals surface area contributed by atoms with Gasteiger partial charge in [0.05, 0.1) is 0 Å². The normalized spacial score (nSPS) is 18.6. The molecule has 1 unspecified atom stereocenters. The SMILES string of the molecule is FC(F)C(F)(F)C(F)(F)C(F)(F)C(F)(Br)C(F)(F)Br. The fourth-order valence-corrected chi connectivity index (χ4v) is 1.22. The summed E-state index contributed by atoms with van der Waals surface area (Å²) in [5.41, 5.74) is 0. The molecule has 0 nitrogen and oxygen atoms in total. The van der Waals surface area contributed by atoms with Gasteiger partial charge in [-0.3, -0.25) is 0 Å². The maximum atomic E-state index is 13.0. The first-order valence-electron chi connectivity index (χ1n) is 3.80. The molecule has 0 amide bonds. The zero-order chi connectivity index (χ0) is 16.1. The van der Waals surface area contributed by atoms with Gasteiger partial charge in [-0.15, -0.1) is 0 Å². The Morgan fingerprint density at radius 3 is 1.16 bits per heavy atom. The Kier molecular flexibility index (Phi) is 4.93. The number of alkyl halides is 13. The zero-order valence-electron chi connectivity index (χ0n) is 7.99. The van der Waals surface area contributed by atoms with E-state index in [-0.39, 0.29) is 0 Å². The van der Waals surface area contributed by atoms with E-state index in [1.807, 2.05) is 0 Å². The van der Waals surface area contributed by atoms with E-state index in [0.717, 1.165) is 31.9 Å². The summed E-state index contributed by atoms with van der Waals surface area (Å²) in [7, 11) is 0. The number of rotatable bonds is 5. The van der Waals surface area contributed by atoms with Gasteiger partial charge < -0.3 is 0 Å². The minimum atomic E-state index is -7.09. The molecule has 116 valence electrons. The molecule has 0 N–H and O–H groups in total. The molecule has 0 aromatic heterocycles. The van der Waals surface area contributed by atoms with Gasteiger partial charge in [0.25, 0.3) is 0 Å². The van der Waals surface area contributed by atoms with E-state index in [1.165, 1.54) is 0 Å². The van der Waals surface area contributed by atoms with Gasteiger partial charge in [-0.1, -0.05) is 0 Å². The van der Waals surface area contributed by atoms with Gasteiger partial charge in [-0.25, -0.2) is 13.2 Å². The minimum absolute atomic E-state index is 0.830. The van der Waals surface area contributed by atoms with Crippen LogP contribution in [-0.4, -0.2) is 33.6 Å². The third kappa shape index (κ3) is 2.68. The molecule has 0 heterocycles. The van der Waals surface area contributed by atoms with Gasteiger partial charge in [0, 0.05) is 0 Å². The van der Waals surface area contributed by atoms with E-state index in [1.54, 1.807) is 0 Å². The van der Waals surface area contributed by atoms with Crippen LogP contribution in [0.25, 0.3) is 0 Å². The highest BCUT2D eigenvalue weighted by molar-refractivity contribution is 9.12. The largest absolute Gasteiger partial charge is 0.382 e. The molecule has 0 aliphatic rings. The summed E-state index contributed by atoms with van der Waals surface area (Å²) >= 11 is 1.76. The predicted molar refractivity (Wildman–Crippen MR) is 47.5 cm³/mol. The molecule has 0 spiro atoms. The third-order valence-corrected chi connectivity index (χ3v) is 3.91. The predicted octanol–water partition coefficient (Wildman–Crippen LogP) is 5.21. The van der Waals surface area contributed by atoms with Crippen LogP contribution in [-0.2, 0) is 0 Å². The second kappa shape index (κ2) is 4.88. The Morgan fingerprint density at radius 2 is 0.947 bits per heavy atom. The van der Waals surface area contributed by atoms with Gasteiger partial charge >= 0.3 is 33.6 Å². The Balaban J connectivity index is 5.92. The molecule has 0 aliphatic heterocycles. The van der Waals surface area contributed by atoms with Gasteiger partial charge in [0.1, 0.15) is 0 Å². The summed E-state index contributed by atoms with van der Waals surface area (Å²) in [5.74, 6) is -20.7. The van der Waals surface area contributed by atoms with Crippen molar-refractivity contribution in [1.82, 2.24) is 0 Å². The number of halogens is 13. The summed E-state index contributed by atoms with van der Waals surface area (Å²) in [6.45, 7) is 0. The first-order chi connectivity index (χ1) is 7.94. The molecule has 0 aromatic carbocycles. The van der Waals surface area contributed by atoms with Crippen molar-refractivity contribution in [3.05, 3.63) is 0 Å². The van der Waals surface area contributed by atoms with Crippen LogP contribution in [0.4, 0.5) is 48.3 Å². The Bertz CT molecular complexity index is 331.